The molecule has 6 heteroatoms. The van der Waals surface area contributed by atoms with Crippen LogP contribution >= 0.6 is 0 Å². The second-order valence-corrected chi connectivity index (χ2v) is 2.76. The fourth-order valence-electron chi connectivity index (χ4n) is 1.03. The van der Waals surface area contributed by atoms with Crippen molar-refractivity contribution in [1.82, 2.24) is 0 Å². The molecular formula is C8H9BF3KO. The van der Waals surface area contributed by atoms with E-state index in [4.69, 9.17) is 4.74 Å². The number of hydrogen-bond acceptors (Lipinski definition) is 1. The Kier molecular flexibility index (Phi) is 6.40. The summed E-state index contributed by atoms with van der Waals surface area (Å²) in [4.78, 5) is 0. The summed E-state index contributed by atoms with van der Waals surface area (Å²) in [5, 5.41) is 0. The molecule has 72 valence electrons. The van der Waals surface area contributed by atoms with Gasteiger partial charge in [-0.1, -0.05) is 24.0 Å². The average Bonchev–Trinajstić information content (AvgIpc) is 2.03. The Bertz CT molecular complexity index is 273. The Morgan fingerprint density at radius 2 is 1.64 bits per heavy atom. The van der Waals surface area contributed by atoms with Crippen LogP contribution in [-0.4, -0.2) is 14.1 Å². The predicted octanol–water partition coefficient (Wildman–Crippen LogP) is -0.372. The first-order chi connectivity index (χ1) is 6.01. The van der Waals surface area contributed by atoms with Crippen LogP contribution in [0.1, 0.15) is 5.56 Å². The first-order valence-corrected chi connectivity index (χ1v) is 3.85. The molecule has 0 amide bonds. The Labute approximate surface area is 123 Å². The van der Waals surface area contributed by atoms with Crippen LogP contribution in [0.3, 0.4) is 0 Å². The Morgan fingerprint density at radius 3 is 2.00 bits per heavy atom. The van der Waals surface area contributed by atoms with Gasteiger partial charge in [-0.05, 0) is 12.1 Å². The minimum Gasteiger partial charge on any atom is -0.497 e. The van der Waals surface area contributed by atoms with Gasteiger partial charge in [0.15, 0.2) is 0 Å². The molecule has 0 aliphatic heterocycles. The third-order valence-corrected chi connectivity index (χ3v) is 1.63. The fraction of sp³-hybridized carbons (Fsp3) is 0.250. The molecule has 0 bridgehead atoms. The molecule has 0 aliphatic rings. The topological polar surface area (TPSA) is 9.23 Å². The van der Waals surface area contributed by atoms with Gasteiger partial charge in [-0.3, -0.25) is 0 Å². The van der Waals surface area contributed by atoms with E-state index >= 15 is 0 Å². The molecule has 0 unspecified atom stereocenters. The van der Waals surface area contributed by atoms with Crippen molar-refractivity contribution < 1.29 is 69.1 Å². The zero-order valence-corrected chi connectivity index (χ0v) is 11.3. The summed E-state index contributed by atoms with van der Waals surface area (Å²) in [5.41, 5.74) is 0.272. The van der Waals surface area contributed by atoms with Gasteiger partial charge in [-0.25, -0.2) is 0 Å². The summed E-state index contributed by atoms with van der Waals surface area (Å²) in [7, 11) is 1.47. The van der Waals surface area contributed by atoms with E-state index in [2.05, 4.69) is 0 Å². The van der Waals surface area contributed by atoms with Crippen molar-refractivity contribution in [3.05, 3.63) is 29.8 Å². The zero-order chi connectivity index (χ0) is 9.90. The number of halogens is 3. The van der Waals surface area contributed by atoms with E-state index in [9.17, 15) is 12.9 Å². The number of rotatable bonds is 3. The Balaban J connectivity index is 0.00000169. The van der Waals surface area contributed by atoms with Gasteiger partial charge in [0.1, 0.15) is 5.75 Å². The summed E-state index contributed by atoms with van der Waals surface area (Å²) in [5.74, 6) is 0.568. The van der Waals surface area contributed by atoms with Crippen LogP contribution < -0.4 is 56.1 Å². The van der Waals surface area contributed by atoms with E-state index in [1.807, 2.05) is 0 Å². The van der Waals surface area contributed by atoms with Gasteiger partial charge in [0.2, 0.25) is 0 Å². The van der Waals surface area contributed by atoms with Gasteiger partial charge in [-0.2, -0.15) is 0 Å². The van der Waals surface area contributed by atoms with Crippen molar-refractivity contribution in [2.24, 2.45) is 0 Å². The molecule has 0 atom stereocenters. The van der Waals surface area contributed by atoms with Crippen molar-refractivity contribution in [3.8, 4) is 5.75 Å². The van der Waals surface area contributed by atoms with Crippen molar-refractivity contribution in [1.29, 1.82) is 0 Å². The summed E-state index contributed by atoms with van der Waals surface area (Å²) in [6.45, 7) is -4.74. The normalized spacial score (nSPS) is 10.6. The summed E-state index contributed by atoms with van der Waals surface area (Å²) < 4.78 is 40.7. The number of ether oxygens (including phenoxy) is 1. The quantitative estimate of drug-likeness (QED) is 0.641. The third-order valence-electron chi connectivity index (χ3n) is 1.63. The predicted molar refractivity (Wildman–Crippen MR) is 45.8 cm³/mol. The van der Waals surface area contributed by atoms with Crippen molar-refractivity contribution >= 4 is 6.98 Å². The van der Waals surface area contributed by atoms with Gasteiger partial charge in [-0.15, -0.1) is 0 Å². The molecule has 14 heavy (non-hydrogen) atoms. The SMILES string of the molecule is COc1ccc(C[B-](F)(F)F)cc1.[K+]. The average molecular weight is 228 g/mol. The maximum Gasteiger partial charge on any atom is 1.00 e. The number of benzene rings is 1. The smallest absolute Gasteiger partial charge is 0.497 e. The number of hydrogen-bond donors (Lipinski definition) is 0. The molecule has 0 saturated carbocycles. The molecule has 0 aromatic heterocycles. The minimum atomic E-state index is -4.74. The maximum atomic E-state index is 12.0. The van der Waals surface area contributed by atoms with Crippen LogP contribution in [0, 0.1) is 0 Å². The molecule has 0 saturated heterocycles. The second-order valence-electron chi connectivity index (χ2n) is 2.76. The monoisotopic (exact) mass is 228 g/mol. The molecule has 1 aromatic carbocycles. The van der Waals surface area contributed by atoms with Gasteiger partial charge >= 0.3 is 58.4 Å². The summed E-state index contributed by atoms with van der Waals surface area (Å²) in [6, 6.07) is 5.90. The van der Waals surface area contributed by atoms with E-state index in [1.54, 1.807) is 0 Å². The summed E-state index contributed by atoms with van der Waals surface area (Å²) >= 11 is 0. The van der Waals surface area contributed by atoms with Gasteiger partial charge < -0.3 is 17.7 Å². The van der Waals surface area contributed by atoms with Gasteiger partial charge in [0.25, 0.3) is 0 Å². The minimum absolute atomic E-state index is 0. The Morgan fingerprint density at radius 1 is 1.14 bits per heavy atom. The summed E-state index contributed by atoms with van der Waals surface area (Å²) in [6.07, 6.45) is -0.829. The van der Waals surface area contributed by atoms with Crippen molar-refractivity contribution in [2.45, 2.75) is 6.32 Å². The molecule has 1 aromatic rings. The third kappa shape index (κ3) is 5.41. The van der Waals surface area contributed by atoms with Crippen LogP contribution in [-0.2, 0) is 6.32 Å². The standard InChI is InChI=1S/C8H9BF3O.K/c1-13-8-4-2-7(3-5-8)6-9(10,11)12;/h2-5H,6H2,1H3;/q-1;+1. The molecule has 0 heterocycles. The Hall–Kier alpha value is 0.511. The van der Waals surface area contributed by atoms with Crippen LogP contribution in [0.15, 0.2) is 24.3 Å². The molecule has 1 rings (SSSR count). The molecule has 0 radical (unpaired) electrons. The van der Waals surface area contributed by atoms with E-state index in [0.717, 1.165) is 0 Å². The van der Waals surface area contributed by atoms with E-state index in [1.165, 1.54) is 31.4 Å². The first kappa shape index (κ1) is 14.5. The molecule has 0 aliphatic carbocycles. The first-order valence-electron chi connectivity index (χ1n) is 3.85. The molecule has 1 nitrogen and oxygen atoms in total. The van der Waals surface area contributed by atoms with Gasteiger partial charge in [0.05, 0.1) is 7.11 Å². The fourth-order valence-corrected chi connectivity index (χ4v) is 1.03. The van der Waals surface area contributed by atoms with Crippen LogP contribution in [0.4, 0.5) is 12.9 Å². The molecule has 0 fully saturated rings. The molecule has 0 N–H and O–H groups in total. The number of methoxy groups -OCH3 is 1. The van der Waals surface area contributed by atoms with Crippen molar-refractivity contribution in [2.75, 3.05) is 7.11 Å². The molecular weight excluding hydrogens is 219 g/mol. The van der Waals surface area contributed by atoms with E-state index < -0.39 is 13.3 Å². The van der Waals surface area contributed by atoms with Crippen LogP contribution in [0.5, 0.6) is 5.75 Å². The van der Waals surface area contributed by atoms with Crippen molar-refractivity contribution in [3.63, 3.8) is 0 Å². The zero-order valence-electron chi connectivity index (χ0n) is 8.14. The van der Waals surface area contributed by atoms with Gasteiger partial charge in [0, 0.05) is 0 Å². The van der Waals surface area contributed by atoms with E-state index in [-0.39, 0.29) is 56.9 Å². The van der Waals surface area contributed by atoms with Crippen LogP contribution in [0.25, 0.3) is 0 Å². The molecule has 0 spiro atoms. The van der Waals surface area contributed by atoms with Crippen LogP contribution in [0.2, 0.25) is 0 Å². The maximum absolute atomic E-state index is 12.0. The van der Waals surface area contributed by atoms with E-state index in [0.29, 0.717) is 5.75 Å². The largest absolute Gasteiger partial charge is 1.00 e. The second kappa shape index (κ2) is 6.17.